The van der Waals surface area contributed by atoms with E-state index >= 15 is 0 Å². The van der Waals surface area contributed by atoms with E-state index in [9.17, 15) is 17.6 Å². The Kier molecular flexibility index (Phi) is 6.68. The van der Waals surface area contributed by atoms with Crippen LogP contribution in [0.2, 0.25) is 0 Å². The van der Waals surface area contributed by atoms with Crippen LogP contribution in [0.5, 0.6) is 0 Å². The maximum Gasteiger partial charge on any atom is 0.419 e. The fourth-order valence-electron chi connectivity index (χ4n) is 4.79. The molecule has 2 aliphatic rings. The van der Waals surface area contributed by atoms with Crippen LogP contribution in [0.15, 0.2) is 42.6 Å². The predicted octanol–water partition coefficient (Wildman–Crippen LogP) is 5.32. The van der Waals surface area contributed by atoms with Gasteiger partial charge in [0.1, 0.15) is 17.5 Å². The number of hydrogen-bond acceptors (Lipinski definition) is 6. The van der Waals surface area contributed by atoms with Crippen molar-refractivity contribution < 1.29 is 17.6 Å². The van der Waals surface area contributed by atoms with Gasteiger partial charge in [0.2, 0.25) is 5.95 Å². The second-order valence-corrected chi connectivity index (χ2v) is 9.27. The molecular weight excluding hydrogens is 472 g/mol. The molecule has 3 aromatic rings. The molecular formula is C26H28F4N6. The largest absolute Gasteiger partial charge is 0.419 e. The molecule has 2 aliphatic heterocycles. The van der Waals surface area contributed by atoms with Crippen LogP contribution in [0.1, 0.15) is 30.4 Å². The standard InChI is InChI=1S/C26H28F4N6/c1-18-16-19(7-8-21(18)27)22-17-23(33-25(32-22)36-10-3-2-4-11-36)34-12-14-35(15-13-34)24-20(26(28,29)30)6-5-9-31-24/h5-9,16-17H,2-4,10-15H2,1H3. The Labute approximate surface area is 207 Å². The summed E-state index contributed by atoms with van der Waals surface area (Å²) in [6, 6.07) is 9.20. The van der Waals surface area contributed by atoms with Crippen LogP contribution < -0.4 is 14.7 Å². The van der Waals surface area contributed by atoms with E-state index in [1.54, 1.807) is 24.0 Å². The normalized spacial score (nSPS) is 17.0. The molecule has 2 fully saturated rings. The lowest BCUT2D eigenvalue weighted by atomic mass is 10.1. The number of nitrogens with zero attached hydrogens (tertiary/aromatic N) is 6. The fourth-order valence-corrected chi connectivity index (χ4v) is 4.79. The molecule has 4 heterocycles. The predicted molar refractivity (Wildman–Crippen MR) is 132 cm³/mol. The summed E-state index contributed by atoms with van der Waals surface area (Å²) in [6.45, 7) is 5.22. The number of aryl methyl sites for hydroxylation is 1. The molecule has 2 aromatic heterocycles. The molecule has 0 saturated carbocycles. The Bertz CT molecular complexity index is 1220. The van der Waals surface area contributed by atoms with Gasteiger partial charge in [-0.3, -0.25) is 0 Å². The van der Waals surface area contributed by atoms with Crippen LogP contribution in [-0.2, 0) is 6.18 Å². The van der Waals surface area contributed by atoms with Gasteiger partial charge in [0, 0.05) is 57.1 Å². The molecule has 0 bridgehead atoms. The van der Waals surface area contributed by atoms with Gasteiger partial charge in [-0.2, -0.15) is 18.2 Å². The zero-order valence-electron chi connectivity index (χ0n) is 20.1. The average Bonchev–Trinajstić information content (AvgIpc) is 2.90. The second-order valence-electron chi connectivity index (χ2n) is 9.27. The molecule has 1 aromatic carbocycles. The number of halogens is 4. The van der Waals surface area contributed by atoms with Crippen molar-refractivity contribution in [3.63, 3.8) is 0 Å². The van der Waals surface area contributed by atoms with E-state index in [1.165, 1.54) is 24.8 Å². The zero-order valence-corrected chi connectivity index (χ0v) is 20.1. The lowest BCUT2D eigenvalue weighted by Crippen LogP contribution is -2.47. The van der Waals surface area contributed by atoms with Crippen LogP contribution in [0.3, 0.4) is 0 Å². The molecule has 0 spiro atoms. The number of rotatable bonds is 4. The number of anilines is 3. The molecule has 0 radical (unpaired) electrons. The quantitative estimate of drug-likeness (QED) is 0.452. The summed E-state index contributed by atoms with van der Waals surface area (Å²) in [5, 5.41) is 0. The smallest absolute Gasteiger partial charge is 0.353 e. The molecule has 5 rings (SSSR count). The van der Waals surface area contributed by atoms with Crippen molar-refractivity contribution in [3.8, 4) is 11.3 Å². The number of alkyl halides is 3. The van der Waals surface area contributed by atoms with Gasteiger partial charge >= 0.3 is 6.18 Å². The Hall–Kier alpha value is -3.43. The highest BCUT2D eigenvalue weighted by Crippen LogP contribution is 2.36. The Morgan fingerprint density at radius 1 is 0.806 bits per heavy atom. The van der Waals surface area contributed by atoms with Gasteiger partial charge in [0.15, 0.2) is 0 Å². The molecule has 0 aliphatic carbocycles. The summed E-state index contributed by atoms with van der Waals surface area (Å²) in [6.07, 6.45) is 0.253. The average molecular weight is 501 g/mol. The third kappa shape index (κ3) is 5.08. The minimum atomic E-state index is -4.46. The Morgan fingerprint density at radius 3 is 2.22 bits per heavy atom. The number of hydrogen-bond donors (Lipinski definition) is 0. The molecule has 36 heavy (non-hydrogen) atoms. The van der Waals surface area contributed by atoms with Crippen molar-refractivity contribution in [1.82, 2.24) is 15.0 Å². The Balaban J connectivity index is 1.43. The summed E-state index contributed by atoms with van der Waals surface area (Å²) >= 11 is 0. The van der Waals surface area contributed by atoms with Crippen molar-refractivity contribution >= 4 is 17.6 Å². The number of pyridine rings is 1. The van der Waals surface area contributed by atoms with E-state index < -0.39 is 11.7 Å². The highest BCUT2D eigenvalue weighted by molar-refractivity contribution is 5.66. The number of benzene rings is 1. The highest BCUT2D eigenvalue weighted by Gasteiger charge is 2.36. The first-order chi connectivity index (χ1) is 17.3. The third-order valence-electron chi connectivity index (χ3n) is 6.79. The summed E-state index contributed by atoms with van der Waals surface area (Å²) in [4.78, 5) is 19.6. The van der Waals surface area contributed by atoms with Gasteiger partial charge < -0.3 is 14.7 Å². The first kappa shape index (κ1) is 24.3. The van der Waals surface area contributed by atoms with Crippen LogP contribution in [0, 0.1) is 12.7 Å². The molecule has 10 heteroatoms. The summed E-state index contributed by atoms with van der Waals surface area (Å²) in [5.74, 6) is 1.05. The topological polar surface area (TPSA) is 48.4 Å². The van der Waals surface area contributed by atoms with E-state index in [1.807, 2.05) is 6.07 Å². The minimum absolute atomic E-state index is 0.0381. The van der Waals surface area contributed by atoms with Gasteiger partial charge in [0.25, 0.3) is 0 Å². The monoisotopic (exact) mass is 500 g/mol. The summed E-state index contributed by atoms with van der Waals surface area (Å²) in [7, 11) is 0. The number of piperazine rings is 1. The maximum atomic E-state index is 13.9. The SMILES string of the molecule is Cc1cc(-c2cc(N3CCN(c4ncccc4C(F)(F)F)CC3)nc(N3CCCCC3)n2)ccc1F. The number of aromatic nitrogens is 3. The minimum Gasteiger partial charge on any atom is -0.353 e. The molecule has 0 N–H and O–H groups in total. The molecule has 0 unspecified atom stereocenters. The van der Waals surface area contributed by atoms with Crippen molar-refractivity contribution in [2.45, 2.75) is 32.4 Å². The number of piperidine rings is 1. The van der Waals surface area contributed by atoms with E-state index in [2.05, 4.69) is 14.8 Å². The highest BCUT2D eigenvalue weighted by atomic mass is 19.4. The molecule has 0 atom stereocenters. The van der Waals surface area contributed by atoms with Crippen LogP contribution in [0.25, 0.3) is 11.3 Å². The first-order valence-electron chi connectivity index (χ1n) is 12.2. The van der Waals surface area contributed by atoms with Gasteiger partial charge in [0.05, 0.1) is 11.3 Å². The molecule has 0 amide bonds. The fraction of sp³-hybridized carbons (Fsp3) is 0.423. The van der Waals surface area contributed by atoms with Crippen molar-refractivity contribution in [2.24, 2.45) is 0 Å². The second kappa shape index (κ2) is 9.91. The van der Waals surface area contributed by atoms with Gasteiger partial charge in [-0.25, -0.2) is 14.4 Å². The van der Waals surface area contributed by atoms with Crippen molar-refractivity contribution in [3.05, 3.63) is 59.5 Å². The van der Waals surface area contributed by atoms with Gasteiger partial charge in [-0.1, -0.05) is 0 Å². The first-order valence-corrected chi connectivity index (χ1v) is 12.2. The van der Waals surface area contributed by atoms with E-state index in [0.29, 0.717) is 43.4 Å². The van der Waals surface area contributed by atoms with E-state index in [0.717, 1.165) is 43.4 Å². The van der Waals surface area contributed by atoms with Crippen molar-refractivity contribution in [2.75, 3.05) is 54.0 Å². The summed E-state index contributed by atoms with van der Waals surface area (Å²) < 4.78 is 54.4. The Morgan fingerprint density at radius 2 is 1.53 bits per heavy atom. The summed E-state index contributed by atoms with van der Waals surface area (Å²) in [5.41, 5.74) is 1.33. The van der Waals surface area contributed by atoms with Crippen LogP contribution >= 0.6 is 0 Å². The molecule has 6 nitrogen and oxygen atoms in total. The van der Waals surface area contributed by atoms with E-state index in [4.69, 9.17) is 9.97 Å². The van der Waals surface area contributed by atoms with E-state index in [-0.39, 0.29) is 11.6 Å². The molecule has 2 saturated heterocycles. The van der Waals surface area contributed by atoms with Gasteiger partial charge in [-0.05, 0) is 62.1 Å². The van der Waals surface area contributed by atoms with Gasteiger partial charge in [-0.15, -0.1) is 0 Å². The van der Waals surface area contributed by atoms with Crippen molar-refractivity contribution in [1.29, 1.82) is 0 Å². The maximum absolute atomic E-state index is 13.9. The molecule has 190 valence electrons. The van der Waals surface area contributed by atoms with Crippen LogP contribution in [-0.4, -0.2) is 54.2 Å². The third-order valence-corrected chi connectivity index (χ3v) is 6.79. The lowest BCUT2D eigenvalue weighted by molar-refractivity contribution is -0.137. The van der Waals surface area contributed by atoms with Crippen LogP contribution in [0.4, 0.5) is 35.1 Å². The lowest BCUT2D eigenvalue weighted by Gasteiger charge is -2.37. The zero-order chi connectivity index (χ0) is 25.3.